The normalized spacial score (nSPS) is 19.4. The number of phenolic OH excluding ortho intramolecular Hbond substituents is 1. The summed E-state index contributed by atoms with van der Waals surface area (Å²) < 4.78 is 0. The number of phenols is 1. The molecule has 1 aromatic rings. The highest BCUT2D eigenvalue weighted by atomic mass is 16.3. The van der Waals surface area contributed by atoms with Gasteiger partial charge in [0, 0.05) is 30.4 Å². The van der Waals surface area contributed by atoms with Crippen LogP contribution < -0.4 is 4.90 Å². The number of aliphatic hydroxyl groups is 1. The van der Waals surface area contributed by atoms with E-state index < -0.39 is 6.10 Å². The summed E-state index contributed by atoms with van der Waals surface area (Å²) in [6.07, 6.45) is 1.65. The lowest BCUT2D eigenvalue weighted by Gasteiger charge is -2.36. The van der Waals surface area contributed by atoms with Gasteiger partial charge in [-0.25, -0.2) is 0 Å². The van der Waals surface area contributed by atoms with Crippen molar-refractivity contribution in [2.75, 3.05) is 32.1 Å². The molecule has 4 nitrogen and oxygen atoms in total. The molecular formula is C15H24N2O2. The molecule has 0 saturated carbocycles. The van der Waals surface area contributed by atoms with Crippen LogP contribution in [-0.4, -0.2) is 48.3 Å². The van der Waals surface area contributed by atoms with Crippen molar-refractivity contribution in [3.05, 3.63) is 23.8 Å². The molecule has 2 rings (SSSR count). The number of likely N-dealkylation sites (tertiary alicyclic amines) is 1. The first-order chi connectivity index (χ1) is 8.99. The molecule has 0 bridgehead atoms. The average Bonchev–Trinajstić information content (AvgIpc) is 2.38. The summed E-state index contributed by atoms with van der Waals surface area (Å²) >= 11 is 0. The van der Waals surface area contributed by atoms with Gasteiger partial charge in [0.05, 0.1) is 6.10 Å². The van der Waals surface area contributed by atoms with Crippen LogP contribution in [0.2, 0.25) is 0 Å². The molecule has 1 fully saturated rings. The van der Waals surface area contributed by atoms with Crippen molar-refractivity contribution in [3.63, 3.8) is 0 Å². The number of anilines is 1. The van der Waals surface area contributed by atoms with Gasteiger partial charge in [0.15, 0.2) is 0 Å². The van der Waals surface area contributed by atoms with E-state index in [2.05, 4.69) is 23.9 Å². The fourth-order valence-electron chi connectivity index (χ4n) is 2.70. The minimum Gasteiger partial charge on any atom is -0.507 e. The van der Waals surface area contributed by atoms with E-state index in [9.17, 15) is 10.2 Å². The molecule has 0 radical (unpaired) electrons. The second-order valence-corrected chi connectivity index (χ2v) is 5.56. The maximum Gasteiger partial charge on any atom is 0.123 e. The van der Waals surface area contributed by atoms with Crippen LogP contribution in [0.1, 0.15) is 31.4 Å². The zero-order valence-electron chi connectivity index (χ0n) is 12.0. The largest absolute Gasteiger partial charge is 0.507 e. The number of piperidine rings is 1. The Morgan fingerprint density at radius 3 is 2.47 bits per heavy atom. The maximum atomic E-state index is 9.96. The van der Waals surface area contributed by atoms with Crippen LogP contribution in [0.4, 0.5) is 5.69 Å². The minimum atomic E-state index is -0.636. The van der Waals surface area contributed by atoms with Gasteiger partial charge in [-0.1, -0.05) is 6.07 Å². The molecule has 1 aliphatic rings. The molecule has 1 aromatic carbocycles. The molecule has 1 atom stereocenters. The van der Waals surface area contributed by atoms with E-state index in [0.717, 1.165) is 31.6 Å². The van der Waals surface area contributed by atoms with Gasteiger partial charge in [0.25, 0.3) is 0 Å². The van der Waals surface area contributed by atoms with Crippen LogP contribution in [0.25, 0.3) is 0 Å². The number of hydrogen-bond acceptors (Lipinski definition) is 4. The van der Waals surface area contributed by atoms with Crippen molar-refractivity contribution in [2.24, 2.45) is 0 Å². The van der Waals surface area contributed by atoms with E-state index in [-0.39, 0.29) is 5.75 Å². The molecule has 1 aliphatic heterocycles. The van der Waals surface area contributed by atoms with Gasteiger partial charge in [0.2, 0.25) is 0 Å². The lowest BCUT2D eigenvalue weighted by atomic mass is 10.0. The lowest BCUT2D eigenvalue weighted by Crippen LogP contribution is -2.41. The Bertz CT molecular complexity index is 426. The number of hydrogen-bond donors (Lipinski definition) is 2. The number of aromatic hydroxyl groups is 1. The molecule has 0 amide bonds. The van der Waals surface area contributed by atoms with Crippen LogP contribution in [0.5, 0.6) is 5.75 Å². The molecule has 106 valence electrons. The lowest BCUT2D eigenvalue weighted by molar-refractivity contribution is 0.195. The van der Waals surface area contributed by atoms with Crippen molar-refractivity contribution in [3.8, 4) is 5.75 Å². The minimum absolute atomic E-state index is 0.173. The van der Waals surface area contributed by atoms with Crippen LogP contribution in [-0.2, 0) is 0 Å². The Labute approximate surface area is 115 Å². The summed E-state index contributed by atoms with van der Waals surface area (Å²) in [5.41, 5.74) is 1.59. The summed E-state index contributed by atoms with van der Waals surface area (Å²) in [4.78, 5) is 4.58. The smallest absolute Gasteiger partial charge is 0.123 e. The zero-order valence-corrected chi connectivity index (χ0v) is 12.0. The topological polar surface area (TPSA) is 46.9 Å². The average molecular weight is 264 g/mol. The second kappa shape index (κ2) is 5.80. The first-order valence-corrected chi connectivity index (χ1v) is 6.91. The Hall–Kier alpha value is -1.26. The molecular weight excluding hydrogens is 240 g/mol. The third-order valence-corrected chi connectivity index (χ3v) is 4.11. The van der Waals surface area contributed by atoms with Gasteiger partial charge < -0.3 is 20.0 Å². The Morgan fingerprint density at radius 1 is 1.32 bits per heavy atom. The van der Waals surface area contributed by atoms with Crippen molar-refractivity contribution in [1.29, 1.82) is 0 Å². The van der Waals surface area contributed by atoms with Crippen molar-refractivity contribution in [1.82, 2.24) is 4.90 Å². The van der Waals surface area contributed by atoms with Crippen LogP contribution in [0, 0.1) is 0 Å². The van der Waals surface area contributed by atoms with Gasteiger partial charge in [-0.2, -0.15) is 0 Å². The molecule has 1 saturated heterocycles. The number of benzene rings is 1. The summed E-state index contributed by atoms with van der Waals surface area (Å²) in [5.74, 6) is 0.173. The first kappa shape index (κ1) is 14.2. The second-order valence-electron chi connectivity index (χ2n) is 5.56. The van der Waals surface area contributed by atoms with E-state index in [4.69, 9.17) is 0 Å². The fraction of sp³-hybridized carbons (Fsp3) is 0.600. The Kier molecular flexibility index (Phi) is 4.32. The van der Waals surface area contributed by atoms with E-state index in [1.807, 2.05) is 6.07 Å². The Morgan fingerprint density at radius 2 is 1.95 bits per heavy atom. The van der Waals surface area contributed by atoms with Gasteiger partial charge in [0.1, 0.15) is 5.75 Å². The van der Waals surface area contributed by atoms with E-state index >= 15 is 0 Å². The van der Waals surface area contributed by atoms with E-state index in [1.54, 1.807) is 19.1 Å². The SMILES string of the molecule is CC(O)c1ccc(N(C)C2CCN(C)CC2)cc1O. The molecule has 1 heterocycles. The summed E-state index contributed by atoms with van der Waals surface area (Å²) in [5, 5.41) is 19.5. The first-order valence-electron chi connectivity index (χ1n) is 6.91. The van der Waals surface area contributed by atoms with Crippen LogP contribution in [0.3, 0.4) is 0 Å². The Balaban J connectivity index is 2.11. The van der Waals surface area contributed by atoms with Crippen molar-refractivity contribution < 1.29 is 10.2 Å². The summed E-state index contributed by atoms with van der Waals surface area (Å²) in [6.45, 7) is 3.90. The fourth-order valence-corrected chi connectivity index (χ4v) is 2.70. The summed E-state index contributed by atoms with van der Waals surface area (Å²) in [7, 11) is 4.23. The van der Waals surface area contributed by atoms with E-state index in [1.165, 1.54) is 0 Å². The number of aliphatic hydroxyl groups excluding tert-OH is 1. The molecule has 4 heteroatoms. The zero-order chi connectivity index (χ0) is 14.0. The summed E-state index contributed by atoms with van der Waals surface area (Å²) in [6, 6.07) is 6.05. The number of rotatable bonds is 3. The van der Waals surface area contributed by atoms with Crippen molar-refractivity contribution in [2.45, 2.75) is 31.9 Å². The van der Waals surface area contributed by atoms with Gasteiger partial charge in [-0.3, -0.25) is 0 Å². The molecule has 19 heavy (non-hydrogen) atoms. The monoisotopic (exact) mass is 264 g/mol. The molecule has 2 N–H and O–H groups in total. The van der Waals surface area contributed by atoms with Gasteiger partial charge in [-0.05, 0) is 46.0 Å². The maximum absolute atomic E-state index is 9.96. The predicted molar refractivity (Wildman–Crippen MR) is 77.7 cm³/mol. The van der Waals surface area contributed by atoms with Crippen LogP contribution >= 0.6 is 0 Å². The standard InChI is InChI=1S/C15H24N2O2/c1-11(18)14-5-4-13(10-15(14)19)17(3)12-6-8-16(2)9-7-12/h4-5,10-12,18-19H,6-9H2,1-3H3. The molecule has 0 aliphatic carbocycles. The third-order valence-electron chi connectivity index (χ3n) is 4.11. The highest BCUT2D eigenvalue weighted by Gasteiger charge is 2.21. The highest BCUT2D eigenvalue weighted by molar-refractivity contribution is 5.54. The quantitative estimate of drug-likeness (QED) is 0.876. The molecule has 0 spiro atoms. The van der Waals surface area contributed by atoms with Gasteiger partial charge in [-0.15, -0.1) is 0 Å². The van der Waals surface area contributed by atoms with Crippen LogP contribution in [0.15, 0.2) is 18.2 Å². The van der Waals surface area contributed by atoms with Gasteiger partial charge >= 0.3 is 0 Å². The predicted octanol–water partition coefficient (Wildman–Crippen LogP) is 1.98. The molecule has 1 unspecified atom stereocenters. The number of nitrogens with zero attached hydrogens (tertiary/aromatic N) is 2. The van der Waals surface area contributed by atoms with Crippen molar-refractivity contribution >= 4 is 5.69 Å². The highest BCUT2D eigenvalue weighted by Crippen LogP contribution is 2.30. The molecule has 0 aromatic heterocycles. The van der Waals surface area contributed by atoms with E-state index in [0.29, 0.717) is 11.6 Å². The third kappa shape index (κ3) is 3.19.